The molecule has 1 aromatic carbocycles. The topological polar surface area (TPSA) is 49.7 Å². The Morgan fingerprint density at radius 1 is 1.44 bits per heavy atom. The van der Waals surface area contributed by atoms with E-state index in [1.807, 2.05) is 0 Å². The summed E-state index contributed by atoms with van der Waals surface area (Å²) in [6.45, 7) is 0. The van der Waals surface area contributed by atoms with Crippen molar-refractivity contribution in [1.82, 2.24) is 4.31 Å². The first-order valence-corrected chi connectivity index (χ1v) is 7.84. The number of nitrogens with zero attached hydrogens (tertiary/aromatic N) is 2. The molecule has 7 heteroatoms. The average Bonchev–Trinajstić information content (AvgIpc) is 2.25. The van der Waals surface area contributed by atoms with E-state index in [4.69, 9.17) is 0 Å². The van der Waals surface area contributed by atoms with Gasteiger partial charge in [-0.05, 0) is 34.3 Å². The van der Waals surface area contributed by atoms with Crippen LogP contribution in [0.1, 0.15) is 0 Å². The van der Waals surface area contributed by atoms with Gasteiger partial charge in [-0.2, -0.15) is 0 Å². The molecule has 0 aliphatic carbocycles. The lowest BCUT2D eigenvalue weighted by molar-refractivity contribution is 0.552. The first-order valence-electron chi connectivity index (χ1n) is 4.38. The van der Waals surface area contributed by atoms with Crippen molar-refractivity contribution in [3.05, 3.63) is 22.7 Å². The number of hydrogen-bond donors (Lipinski definition) is 0. The van der Waals surface area contributed by atoms with Gasteiger partial charge in [0.1, 0.15) is 10.6 Å². The van der Waals surface area contributed by atoms with Crippen molar-refractivity contribution in [2.45, 2.75) is 4.90 Å². The standard InChI is InChI=1S/C9H9BrN2O2S2/c1-12-9(15-2)11-8-6(10)4-3-5-7(8)16(12,13)14/h3-5H,1-2H3. The van der Waals surface area contributed by atoms with Crippen molar-refractivity contribution in [1.29, 1.82) is 0 Å². The Bertz CT molecular complexity index is 569. The van der Waals surface area contributed by atoms with E-state index < -0.39 is 10.0 Å². The van der Waals surface area contributed by atoms with Gasteiger partial charge in [0, 0.05) is 11.5 Å². The average molecular weight is 321 g/mol. The number of para-hydroxylation sites is 1. The molecule has 16 heavy (non-hydrogen) atoms. The largest absolute Gasteiger partial charge is 0.267 e. The van der Waals surface area contributed by atoms with Gasteiger partial charge in [0.15, 0.2) is 5.17 Å². The fourth-order valence-corrected chi connectivity index (χ4v) is 4.14. The second-order valence-electron chi connectivity index (χ2n) is 3.16. The lowest BCUT2D eigenvalue weighted by Crippen LogP contribution is -2.33. The molecule has 1 aliphatic rings. The van der Waals surface area contributed by atoms with Crippen molar-refractivity contribution in [2.75, 3.05) is 13.3 Å². The Morgan fingerprint density at radius 3 is 2.75 bits per heavy atom. The third-order valence-electron chi connectivity index (χ3n) is 2.25. The summed E-state index contributed by atoms with van der Waals surface area (Å²) >= 11 is 4.62. The van der Waals surface area contributed by atoms with E-state index in [0.717, 1.165) is 0 Å². The molecule has 0 aromatic heterocycles. The first-order chi connectivity index (χ1) is 7.48. The molecule has 0 amide bonds. The summed E-state index contributed by atoms with van der Waals surface area (Å²) in [5.74, 6) is 0. The van der Waals surface area contributed by atoms with Crippen molar-refractivity contribution in [3.63, 3.8) is 0 Å². The van der Waals surface area contributed by atoms with Crippen LogP contribution < -0.4 is 0 Å². The SMILES string of the molecule is CSC1=Nc2c(Br)cccc2S(=O)(=O)N1C. The minimum absolute atomic E-state index is 0.238. The zero-order valence-electron chi connectivity index (χ0n) is 8.64. The van der Waals surface area contributed by atoms with Crippen LogP contribution >= 0.6 is 27.7 Å². The van der Waals surface area contributed by atoms with Crippen LogP contribution in [0.3, 0.4) is 0 Å². The quantitative estimate of drug-likeness (QED) is 0.737. The summed E-state index contributed by atoms with van der Waals surface area (Å²) < 4.78 is 26.2. The molecule has 1 aromatic rings. The molecule has 0 saturated heterocycles. The summed E-state index contributed by atoms with van der Waals surface area (Å²) in [6, 6.07) is 5.03. The highest BCUT2D eigenvalue weighted by Crippen LogP contribution is 2.38. The molecule has 2 rings (SSSR count). The van der Waals surface area contributed by atoms with Crippen LogP contribution in [-0.4, -0.2) is 31.2 Å². The highest BCUT2D eigenvalue weighted by Gasteiger charge is 2.31. The van der Waals surface area contributed by atoms with Crippen molar-refractivity contribution in [3.8, 4) is 0 Å². The molecule has 0 radical (unpaired) electrons. The molecule has 0 N–H and O–H groups in total. The Balaban J connectivity index is 2.79. The molecule has 0 unspecified atom stereocenters. The monoisotopic (exact) mass is 320 g/mol. The number of fused-ring (bicyclic) bond motifs is 1. The van der Waals surface area contributed by atoms with Gasteiger partial charge in [0.2, 0.25) is 0 Å². The number of sulfonamides is 1. The normalized spacial score (nSPS) is 17.9. The second kappa shape index (κ2) is 4.05. The molecule has 0 fully saturated rings. The predicted octanol–water partition coefficient (Wildman–Crippen LogP) is 2.43. The third-order valence-corrected chi connectivity index (χ3v) is 5.51. The molecule has 0 saturated carbocycles. The summed E-state index contributed by atoms with van der Waals surface area (Å²) in [5.41, 5.74) is 0.477. The highest BCUT2D eigenvalue weighted by molar-refractivity contribution is 9.10. The summed E-state index contributed by atoms with van der Waals surface area (Å²) in [7, 11) is -1.94. The number of hydrogen-bond acceptors (Lipinski definition) is 4. The maximum absolute atomic E-state index is 12.1. The van der Waals surface area contributed by atoms with Crippen LogP contribution in [0.25, 0.3) is 0 Å². The molecule has 0 bridgehead atoms. The van der Waals surface area contributed by atoms with E-state index in [1.54, 1.807) is 24.5 Å². The Labute approximate surface area is 107 Å². The van der Waals surface area contributed by atoms with Crippen LogP contribution in [0.4, 0.5) is 5.69 Å². The Hall–Kier alpha value is -0.530. The predicted molar refractivity (Wildman–Crippen MR) is 69.7 cm³/mol. The van der Waals surface area contributed by atoms with Gasteiger partial charge in [0.25, 0.3) is 10.0 Å². The molecule has 0 spiro atoms. The third kappa shape index (κ3) is 1.66. The van der Waals surface area contributed by atoms with E-state index in [-0.39, 0.29) is 4.90 Å². The fourth-order valence-electron chi connectivity index (χ4n) is 1.40. The minimum atomic E-state index is -3.45. The second-order valence-corrected chi connectivity index (χ2v) is 6.72. The maximum atomic E-state index is 12.1. The summed E-state index contributed by atoms with van der Waals surface area (Å²) in [4.78, 5) is 4.56. The summed E-state index contributed by atoms with van der Waals surface area (Å²) in [6.07, 6.45) is 1.80. The van der Waals surface area contributed by atoms with E-state index in [2.05, 4.69) is 20.9 Å². The van der Waals surface area contributed by atoms with Gasteiger partial charge in [-0.3, -0.25) is 0 Å². The van der Waals surface area contributed by atoms with Crippen LogP contribution in [-0.2, 0) is 10.0 Å². The molecular weight excluding hydrogens is 312 g/mol. The Kier molecular flexibility index (Phi) is 3.02. The number of amidine groups is 1. The van der Waals surface area contributed by atoms with Crippen molar-refractivity contribution in [2.24, 2.45) is 4.99 Å². The highest BCUT2D eigenvalue weighted by atomic mass is 79.9. The molecule has 1 heterocycles. The molecule has 1 aliphatic heterocycles. The first kappa shape index (κ1) is 11.9. The zero-order valence-corrected chi connectivity index (χ0v) is 11.9. The van der Waals surface area contributed by atoms with E-state index in [9.17, 15) is 8.42 Å². The van der Waals surface area contributed by atoms with Gasteiger partial charge in [-0.15, -0.1) is 0 Å². The molecule has 0 atom stereocenters. The lowest BCUT2D eigenvalue weighted by Gasteiger charge is -2.25. The Morgan fingerprint density at radius 2 is 2.12 bits per heavy atom. The number of rotatable bonds is 0. The van der Waals surface area contributed by atoms with E-state index in [0.29, 0.717) is 15.3 Å². The lowest BCUT2D eigenvalue weighted by atomic mass is 10.3. The van der Waals surface area contributed by atoms with Crippen LogP contribution in [0.15, 0.2) is 32.6 Å². The van der Waals surface area contributed by atoms with Crippen molar-refractivity contribution < 1.29 is 8.42 Å². The van der Waals surface area contributed by atoms with Crippen LogP contribution in [0.2, 0.25) is 0 Å². The zero-order chi connectivity index (χ0) is 11.9. The molecule has 4 nitrogen and oxygen atoms in total. The van der Waals surface area contributed by atoms with Gasteiger partial charge in [-0.25, -0.2) is 17.7 Å². The van der Waals surface area contributed by atoms with Crippen molar-refractivity contribution >= 4 is 48.6 Å². The molecule has 86 valence electrons. The number of halogens is 1. The van der Waals surface area contributed by atoms with Crippen LogP contribution in [0, 0.1) is 0 Å². The summed E-state index contributed by atoms with van der Waals surface area (Å²) in [5, 5.41) is 0.472. The number of thioether (sulfide) groups is 1. The van der Waals surface area contributed by atoms with Gasteiger partial charge < -0.3 is 0 Å². The number of benzene rings is 1. The van der Waals surface area contributed by atoms with E-state index in [1.165, 1.54) is 23.1 Å². The number of aliphatic imine (C=N–C) groups is 1. The fraction of sp³-hybridized carbons (Fsp3) is 0.222. The molecular formula is C9H9BrN2O2S2. The smallest absolute Gasteiger partial charge is 0.247 e. The van der Waals surface area contributed by atoms with Gasteiger partial charge in [0.05, 0.1) is 0 Å². The van der Waals surface area contributed by atoms with Gasteiger partial charge in [-0.1, -0.05) is 17.8 Å². The van der Waals surface area contributed by atoms with E-state index >= 15 is 0 Å². The van der Waals surface area contributed by atoms with Crippen LogP contribution in [0.5, 0.6) is 0 Å². The minimum Gasteiger partial charge on any atom is -0.247 e. The maximum Gasteiger partial charge on any atom is 0.267 e. The van der Waals surface area contributed by atoms with Gasteiger partial charge >= 0.3 is 0 Å².